The summed E-state index contributed by atoms with van der Waals surface area (Å²) in [5.74, 6) is 0.770. The molecule has 5 nitrogen and oxygen atoms in total. The number of halogens is 1. The van der Waals surface area contributed by atoms with Crippen LogP contribution in [-0.4, -0.2) is 29.4 Å². The number of amides is 2. The number of anilines is 1. The number of benzene rings is 2. The second-order valence-corrected chi connectivity index (χ2v) is 7.60. The summed E-state index contributed by atoms with van der Waals surface area (Å²) in [5.41, 5.74) is 2.28. The van der Waals surface area contributed by atoms with Gasteiger partial charge in [0, 0.05) is 24.3 Å². The van der Waals surface area contributed by atoms with Crippen LogP contribution in [0, 0.1) is 11.7 Å². The fourth-order valence-corrected chi connectivity index (χ4v) is 3.44. The van der Waals surface area contributed by atoms with Crippen LogP contribution in [0.25, 0.3) is 0 Å². The van der Waals surface area contributed by atoms with Crippen molar-refractivity contribution < 1.29 is 18.7 Å². The molecule has 6 heteroatoms. The number of ether oxygens (including phenoxy) is 1. The first-order valence-electron chi connectivity index (χ1n) is 9.60. The van der Waals surface area contributed by atoms with Gasteiger partial charge in [-0.25, -0.2) is 4.39 Å². The maximum atomic E-state index is 13.0. The fraction of sp³-hybridized carbons (Fsp3) is 0.364. The number of fused-ring (bicyclic) bond motifs is 1. The van der Waals surface area contributed by atoms with Gasteiger partial charge in [-0.3, -0.25) is 9.59 Å². The summed E-state index contributed by atoms with van der Waals surface area (Å²) in [6, 6.07) is 11.3. The van der Waals surface area contributed by atoms with Gasteiger partial charge >= 0.3 is 0 Å². The van der Waals surface area contributed by atoms with Crippen molar-refractivity contribution >= 4 is 17.5 Å². The topological polar surface area (TPSA) is 58.6 Å². The molecule has 1 atom stereocenters. The Kier molecular flexibility index (Phi) is 5.03. The average molecular weight is 382 g/mol. The van der Waals surface area contributed by atoms with E-state index in [4.69, 9.17) is 4.74 Å². The number of carbonyl (C=O) groups excluding carboxylic acids is 2. The summed E-state index contributed by atoms with van der Waals surface area (Å²) in [6.45, 7) is 3.01. The van der Waals surface area contributed by atoms with Crippen molar-refractivity contribution in [1.29, 1.82) is 0 Å². The molecule has 1 aliphatic heterocycles. The molecule has 1 N–H and O–H groups in total. The molecule has 0 unspecified atom stereocenters. The highest BCUT2D eigenvalue weighted by atomic mass is 19.1. The highest BCUT2D eigenvalue weighted by molar-refractivity contribution is 5.92. The summed E-state index contributed by atoms with van der Waals surface area (Å²) >= 11 is 0. The van der Waals surface area contributed by atoms with Gasteiger partial charge < -0.3 is 15.0 Å². The predicted molar refractivity (Wildman–Crippen MR) is 103 cm³/mol. The number of nitrogens with zero attached hydrogens (tertiary/aromatic N) is 1. The third-order valence-electron chi connectivity index (χ3n) is 5.12. The van der Waals surface area contributed by atoms with Crippen molar-refractivity contribution in [3.05, 3.63) is 59.4 Å². The van der Waals surface area contributed by atoms with Crippen LogP contribution in [0.4, 0.5) is 10.1 Å². The van der Waals surface area contributed by atoms with Gasteiger partial charge in [-0.05, 0) is 61.6 Å². The molecule has 1 saturated carbocycles. The number of hydrogen-bond donors (Lipinski definition) is 1. The largest absolute Gasteiger partial charge is 0.481 e. The molecule has 2 amide bonds. The lowest BCUT2D eigenvalue weighted by atomic mass is 10.1. The van der Waals surface area contributed by atoms with Crippen molar-refractivity contribution in [3.8, 4) is 5.75 Å². The molecule has 0 bridgehead atoms. The third kappa shape index (κ3) is 4.32. The lowest BCUT2D eigenvalue weighted by Gasteiger charge is -2.22. The molecule has 0 spiro atoms. The molecule has 0 aromatic heterocycles. The maximum absolute atomic E-state index is 13.0. The molecule has 0 saturated heterocycles. The maximum Gasteiger partial charge on any atom is 0.263 e. The van der Waals surface area contributed by atoms with Gasteiger partial charge in [-0.15, -0.1) is 0 Å². The summed E-state index contributed by atoms with van der Waals surface area (Å²) in [7, 11) is 0. The van der Waals surface area contributed by atoms with Crippen molar-refractivity contribution in [2.24, 2.45) is 5.92 Å². The van der Waals surface area contributed by atoms with E-state index >= 15 is 0 Å². The fourth-order valence-electron chi connectivity index (χ4n) is 3.44. The zero-order valence-electron chi connectivity index (χ0n) is 15.8. The van der Waals surface area contributed by atoms with Gasteiger partial charge in [0.2, 0.25) is 5.91 Å². The number of hydrogen-bond acceptors (Lipinski definition) is 3. The van der Waals surface area contributed by atoms with Crippen LogP contribution in [0.15, 0.2) is 42.5 Å². The van der Waals surface area contributed by atoms with Gasteiger partial charge in [0.05, 0.1) is 6.42 Å². The zero-order valence-corrected chi connectivity index (χ0v) is 15.8. The molecule has 28 heavy (non-hydrogen) atoms. The van der Waals surface area contributed by atoms with Crippen molar-refractivity contribution in [3.63, 3.8) is 0 Å². The molecule has 2 aromatic rings. The lowest BCUT2D eigenvalue weighted by molar-refractivity contribution is -0.137. The van der Waals surface area contributed by atoms with E-state index in [1.54, 1.807) is 31.2 Å². The number of nitrogens with one attached hydrogen (secondary N) is 1. The zero-order chi connectivity index (χ0) is 19.7. The van der Waals surface area contributed by atoms with E-state index in [1.807, 2.05) is 11.0 Å². The van der Waals surface area contributed by atoms with E-state index in [1.165, 1.54) is 25.0 Å². The monoisotopic (exact) mass is 382 g/mol. The molecular weight excluding hydrogens is 359 g/mol. The first-order valence-corrected chi connectivity index (χ1v) is 9.60. The van der Waals surface area contributed by atoms with Gasteiger partial charge in [0.1, 0.15) is 11.6 Å². The molecule has 4 rings (SSSR count). The van der Waals surface area contributed by atoms with Gasteiger partial charge in [-0.1, -0.05) is 12.1 Å². The first kappa shape index (κ1) is 18.5. The van der Waals surface area contributed by atoms with Crippen molar-refractivity contribution in [2.45, 2.75) is 38.8 Å². The van der Waals surface area contributed by atoms with Gasteiger partial charge in [0.25, 0.3) is 5.91 Å². The highest BCUT2D eigenvalue weighted by Crippen LogP contribution is 2.33. The minimum Gasteiger partial charge on any atom is -0.481 e. The Labute approximate surface area is 163 Å². The van der Waals surface area contributed by atoms with E-state index in [0.29, 0.717) is 23.9 Å². The van der Waals surface area contributed by atoms with Crippen LogP contribution >= 0.6 is 0 Å². The van der Waals surface area contributed by atoms with Crippen molar-refractivity contribution in [2.75, 3.05) is 11.9 Å². The molecule has 1 fully saturated rings. The van der Waals surface area contributed by atoms with E-state index < -0.39 is 6.10 Å². The number of rotatable bonds is 5. The Bertz CT molecular complexity index is 893. The van der Waals surface area contributed by atoms with Crippen LogP contribution in [0.2, 0.25) is 0 Å². The van der Waals surface area contributed by atoms with Crippen molar-refractivity contribution in [1.82, 2.24) is 4.90 Å². The van der Waals surface area contributed by atoms with Gasteiger partial charge in [-0.2, -0.15) is 0 Å². The summed E-state index contributed by atoms with van der Waals surface area (Å²) in [6.07, 6.45) is 1.99. The quantitative estimate of drug-likeness (QED) is 0.861. The van der Waals surface area contributed by atoms with E-state index in [-0.39, 0.29) is 24.1 Å². The Morgan fingerprint density at radius 3 is 2.68 bits per heavy atom. The standard InChI is InChI=1S/C22H23FN2O3/c1-14-22(27)25(12-16-2-3-16)13-17-11-19(8-9-20(17)28-14)24-21(26)10-15-4-6-18(23)7-5-15/h4-9,11,14,16H,2-3,10,12-13H2,1H3,(H,24,26)/t14-/m0/s1. The van der Waals surface area contributed by atoms with Crippen LogP contribution < -0.4 is 10.1 Å². The Morgan fingerprint density at radius 1 is 1.21 bits per heavy atom. The average Bonchev–Trinajstić information content (AvgIpc) is 3.49. The summed E-state index contributed by atoms with van der Waals surface area (Å²) in [4.78, 5) is 26.8. The number of carbonyl (C=O) groups is 2. The second kappa shape index (κ2) is 7.62. The minimum atomic E-state index is -0.515. The molecule has 1 heterocycles. The highest BCUT2D eigenvalue weighted by Gasteiger charge is 2.32. The summed E-state index contributed by atoms with van der Waals surface area (Å²) in [5, 5.41) is 2.87. The van der Waals surface area contributed by atoms with Gasteiger partial charge in [0.15, 0.2) is 6.10 Å². The van der Waals surface area contributed by atoms with Crippen LogP contribution in [0.3, 0.4) is 0 Å². The molecule has 2 aliphatic rings. The molecule has 2 aromatic carbocycles. The van der Waals surface area contributed by atoms with E-state index in [0.717, 1.165) is 17.7 Å². The summed E-state index contributed by atoms with van der Waals surface area (Å²) < 4.78 is 18.8. The molecule has 146 valence electrons. The SMILES string of the molecule is C[C@@H]1Oc2ccc(NC(=O)Cc3ccc(F)cc3)cc2CN(CC2CC2)C1=O. The Morgan fingerprint density at radius 2 is 1.96 bits per heavy atom. The van der Waals surface area contributed by atoms with E-state index in [9.17, 15) is 14.0 Å². The minimum absolute atomic E-state index is 0.00463. The lowest BCUT2D eigenvalue weighted by Crippen LogP contribution is -2.39. The normalized spacial score (nSPS) is 18.9. The molecular formula is C22H23FN2O3. The van der Waals surface area contributed by atoms with Crippen LogP contribution in [-0.2, 0) is 22.6 Å². The smallest absolute Gasteiger partial charge is 0.263 e. The third-order valence-corrected chi connectivity index (χ3v) is 5.12. The van der Waals surface area contributed by atoms with Crippen LogP contribution in [0.5, 0.6) is 5.75 Å². The second-order valence-electron chi connectivity index (χ2n) is 7.60. The predicted octanol–water partition coefficient (Wildman–Crippen LogP) is 3.53. The first-order chi connectivity index (χ1) is 13.5. The Balaban J connectivity index is 1.47. The molecule has 1 aliphatic carbocycles. The van der Waals surface area contributed by atoms with Crippen LogP contribution in [0.1, 0.15) is 30.9 Å². The van der Waals surface area contributed by atoms with E-state index in [2.05, 4.69) is 5.32 Å². The molecule has 0 radical (unpaired) electrons. The Hall–Kier alpha value is -2.89.